The lowest BCUT2D eigenvalue weighted by Crippen LogP contribution is -2.34. The zero-order chi connectivity index (χ0) is 18.0. The summed E-state index contributed by atoms with van der Waals surface area (Å²) in [5.41, 5.74) is 2.15. The second kappa shape index (κ2) is 7.09. The molecule has 1 saturated heterocycles. The molecule has 0 spiro atoms. The SMILES string of the molecule is COc1ccc(CC(=O)N2CCC[C@@H]2c2nc(C)c(C)c(=O)[nH]2)cc1. The van der Waals surface area contributed by atoms with Crippen LogP contribution in [0.25, 0.3) is 0 Å². The summed E-state index contributed by atoms with van der Waals surface area (Å²) >= 11 is 0. The van der Waals surface area contributed by atoms with E-state index in [2.05, 4.69) is 9.97 Å². The molecular weight excluding hydrogens is 318 g/mol. The summed E-state index contributed by atoms with van der Waals surface area (Å²) < 4.78 is 5.14. The molecule has 0 saturated carbocycles. The maximum Gasteiger partial charge on any atom is 0.254 e. The van der Waals surface area contributed by atoms with Gasteiger partial charge in [0.05, 0.1) is 19.6 Å². The van der Waals surface area contributed by atoms with Gasteiger partial charge in [-0.2, -0.15) is 0 Å². The van der Waals surface area contributed by atoms with Crippen LogP contribution in [0.1, 0.15) is 41.5 Å². The van der Waals surface area contributed by atoms with Crippen molar-refractivity contribution in [2.75, 3.05) is 13.7 Å². The maximum atomic E-state index is 12.8. The van der Waals surface area contributed by atoms with E-state index in [1.54, 1.807) is 14.0 Å². The van der Waals surface area contributed by atoms with E-state index in [4.69, 9.17) is 4.74 Å². The maximum absolute atomic E-state index is 12.8. The Morgan fingerprint density at radius 1 is 1.32 bits per heavy atom. The Balaban J connectivity index is 1.78. The number of hydrogen-bond acceptors (Lipinski definition) is 4. The molecule has 0 bridgehead atoms. The Morgan fingerprint density at radius 3 is 2.68 bits per heavy atom. The van der Waals surface area contributed by atoms with Gasteiger partial charge in [-0.3, -0.25) is 9.59 Å². The lowest BCUT2D eigenvalue weighted by atomic mass is 10.1. The summed E-state index contributed by atoms with van der Waals surface area (Å²) in [5, 5.41) is 0. The van der Waals surface area contributed by atoms with Crippen molar-refractivity contribution < 1.29 is 9.53 Å². The average Bonchev–Trinajstić information content (AvgIpc) is 3.10. The van der Waals surface area contributed by atoms with Crippen LogP contribution in [0.4, 0.5) is 0 Å². The fourth-order valence-corrected chi connectivity index (χ4v) is 3.19. The molecule has 0 radical (unpaired) electrons. The van der Waals surface area contributed by atoms with Gasteiger partial charge in [0.2, 0.25) is 5.91 Å². The molecule has 25 heavy (non-hydrogen) atoms. The number of ether oxygens (including phenoxy) is 1. The Bertz CT molecular complexity index is 827. The summed E-state index contributed by atoms with van der Waals surface area (Å²) in [5.74, 6) is 1.41. The van der Waals surface area contributed by atoms with Crippen molar-refractivity contribution in [1.29, 1.82) is 0 Å². The monoisotopic (exact) mass is 341 g/mol. The lowest BCUT2D eigenvalue weighted by Gasteiger charge is -2.24. The van der Waals surface area contributed by atoms with Gasteiger partial charge >= 0.3 is 0 Å². The molecule has 1 aromatic carbocycles. The van der Waals surface area contributed by atoms with Gasteiger partial charge < -0.3 is 14.6 Å². The summed E-state index contributed by atoms with van der Waals surface area (Å²) in [6.45, 7) is 4.27. The molecule has 6 heteroatoms. The Kier molecular flexibility index (Phi) is 4.88. The van der Waals surface area contributed by atoms with Gasteiger partial charge in [-0.25, -0.2) is 4.98 Å². The topological polar surface area (TPSA) is 75.3 Å². The zero-order valence-electron chi connectivity index (χ0n) is 14.8. The fourth-order valence-electron chi connectivity index (χ4n) is 3.19. The van der Waals surface area contributed by atoms with Crippen LogP contribution in [0.15, 0.2) is 29.1 Å². The molecule has 1 atom stereocenters. The molecule has 0 unspecified atom stereocenters. The van der Waals surface area contributed by atoms with Crippen molar-refractivity contribution in [1.82, 2.24) is 14.9 Å². The van der Waals surface area contributed by atoms with Crippen molar-refractivity contribution in [2.45, 2.75) is 39.2 Å². The number of H-pyrrole nitrogens is 1. The third-order valence-electron chi connectivity index (χ3n) is 4.82. The second-order valence-corrected chi connectivity index (χ2v) is 6.43. The summed E-state index contributed by atoms with van der Waals surface area (Å²) in [6, 6.07) is 7.35. The van der Waals surface area contributed by atoms with Crippen LogP contribution in [0.2, 0.25) is 0 Å². The summed E-state index contributed by atoms with van der Waals surface area (Å²) in [4.78, 5) is 34.0. The molecule has 0 aliphatic carbocycles. The molecule has 1 aliphatic heterocycles. The minimum atomic E-state index is -0.155. The van der Waals surface area contributed by atoms with Gasteiger partial charge in [0.15, 0.2) is 0 Å². The van der Waals surface area contributed by atoms with Crippen LogP contribution < -0.4 is 10.3 Å². The van der Waals surface area contributed by atoms with Crippen molar-refractivity contribution in [3.63, 3.8) is 0 Å². The first-order chi connectivity index (χ1) is 12.0. The van der Waals surface area contributed by atoms with Crippen LogP contribution in [0, 0.1) is 13.8 Å². The van der Waals surface area contributed by atoms with Gasteiger partial charge in [0, 0.05) is 17.8 Å². The number of hydrogen-bond donors (Lipinski definition) is 1. The van der Waals surface area contributed by atoms with Gasteiger partial charge in [0.1, 0.15) is 11.6 Å². The standard InChI is InChI=1S/C19H23N3O3/c1-12-13(2)20-18(21-19(12)24)16-5-4-10-22(16)17(23)11-14-6-8-15(25-3)9-7-14/h6-9,16H,4-5,10-11H2,1-3H3,(H,20,21,24)/t16-/m1/s1. The largest absolute Gasteiger partial charge is 0.497 e. The highest BCUT2D eigenvalue weighted by Crippen LogP contribution is 2.30. The molecule has 2 aromatic rings. The molecule has 1 aromatic heterocycles. The van der Waals surface area contributed by atoms with E-state index < -0.39 is 0 Å². The molecule has 2 heterocycles. The van der Waals surface area contributed by atoms with Crippen LogP contribution in [-0.4, -0.2) is 34.4 Å². The van der Waals surface area contributed by atoms with Crippen LogP contribution in [0.3, 0.4) is 0 Å². The van der Waals surface area contributed by atoms with E-state index in [1.807, 2.05) is 36.1 Å². The Labute approximate surface area is 146 Å². The van der Waals surface area contributed by atoms with E-state index in [0.29, 0.717) is 30.0 Å². The van der Waals surface area contributed by atoms with Crippen LogP contribution >= 0.6 is 0 Å². The Hall–Kier alpha value is -2.63. The highest BCUT2D eigenvalue weighted by atomic mass is 16.5. The molecule has 1 amide bonds. The predicted octanol–water partition coefficient (Wildman–Crippen LogP) is 2.30. The van der Waals surface area contributed by atoms with E-state index in [9.17, 15) is 9.59 Å². The van der Waals surface area contributed by atoms with Crippen molar-refractivity contribution >= 4 is 5.91 Å². The normalized spacial score (nSPS) is 16.9. The summed E-state index contributed by atoms with van der Waals surface area (Å²) in [6.07, 6.45) is 2.06. The number of aromatic amines is 1. The number of likely N-dealkylation sites (tertiary alicyclic amines) is 1. The second-order valence-electron chi connectivity index (χ2n) is 6.43. The molecule has 3 rings (SSSR count). The summed E-state index contributed by atoms with van der Waals surface area (Å²) in [7, 11) is 1.62. The minimum absolute atomic E-state index is 0.0496. The quantitative estimate of drug-likeness (QED) is 0.926. The third-order valence-corrected chi connectivity index (χ3v) is 4.82. The zero-order valence-corrected chi connectivity index (χ0v) is 14.8. The first kappa shape index (κ1) is 17.2. The van der Waals surface area contributed by atoms with Crippen molar-refractivity contribution in [3.05, 3.63) is 57.3 Å². The molecule has 6 nitrogen and oxygen atoms in total. The number of aromatic nitrogens is 2. The van der Waals surface area contributed by atoms with Crippen molar-refractivity contribution in [3.8, 4) is 5.75 Å². The molecule has 1 fully saturated rings. The van der Waals surface area contributed by atoms with Gasteiger partial charge in [-0.1, -0.05) is 12.1 Å². The van der Waals surface area contributed by atoms with Crippen LogP contribution in [0.5, 0.6) is 5.75 Å². The number of rotatable bonds is 4. The van der Waals surface area contributed by atoms with Gasteiger partial charge in [0.25, 0.3) is 5.56 Å². The fraction of sp³-hybridized carbons (Fsp3) is 0.421. The van der Waals surface area contributed by atoms with Gasteiger partial charge in [-0.15, -0.1) is 0 Å². The number of methoxy groups -OCH3 is 1. The molecular formula is C19H23N3O3. The number of aryl methyl sites for hydroxylation is 1. The highest BCUT2D eigenvalue weighted by Gasteiger charge is 2.31. The van der Waals surface area contributed by atoms with Crippen molar-refractivity contribution in [2.24, 2.45) is 0 Å². The third kappa shape index (κ3) is 3.57. The number of nitrogens with zero attached hydrogens (tertiary/aromatic N) is 2. The first-order valence-electron chi connectivity index (χ1n) is 8.49. The lowest BCUT2D eigenvalue weighted by molar-refractivity contribution is -0.131. The van der Waals surface area contributed by atoms with E-state index in [-0.39, 0.29) is 17.5 Å². The van der Waals surface area contributed by atoms with Crippen LogP contribution in [-0.2, 0) is 11.2 Å². The molecule has 132 valence electrons. The van der Waals surface area contributed by atoms with E-state index in [1.165, 1.54) is 0 Å². The number of carbonyl (C=O) groups excluding carboxylic acids is 1. The van der Waals surface area contributed by atoms with Gasteiger partial charge in [-0.05, 0) is 44.4 Å². The Morgan fingerprint density at radius 2 is 2.04 bits per heavy atom. The first-order valence-corrected chi connectivity index (χ1v) is 8.49. The van der Waals surface area contributed by atoms with E-state index >= 15 is 0 Å². The number of carbonyl (C=O) groups is 1. The average molecular weight is 341 g/mol. The number of benzene rings is 1. The predicted molar refractivity (Wildman–Crippen MR) is 94.7 cm³/mol. The molecule has 1 aliphatic rings. The number of amides is 1. The number of nitrogens with one attached hydrogen (secondary N) is 1. The molecule has 1 N–H and O–H groups in total. The van der Waals surface area contributed by atoms with E-state index in [0.717, 1.165) is 24.2 Å². The minimum Gasteiger partial charge on any atom is -0.497 e. The smallest absolute Gasteiger partial charge is 0.254 e. The highest BCUT2D eigenvalue weighted by molar-refractivity contribution is 5.79.